The molecule has 0 radical (unpaired) electrons. The summed E-state index contributed by atoms with van der Waals surface area (Å²) in [4.78, 5) is 9.22. The number of nitrogens with one attached hydrogen (secondary N) is 1. The Morgan fingerprint density at radius 1 is 0.931 bits per heavy atom. The van der Waals surface area contributed by atoms with Gasteiger partial charge in [-0.15, -0.1) is 0 Å². The molecule has 4 aromatic rings. The summed E-state index contributed by atoms with van der Waals surface area (Å²) in [7, 11) is 1.74. The summed E-state index contributed by atoms with van der Waals surface area (Å²) in [6, 6.07) is 8.66. The van der Waals surface area contributed by atoms with Crippen LogP contribution in [0.15, 0.2) is 48.8 Å². The Balaban J connectivity index is 1.98. The average molecular weight is 393 g/mol. The molecule has 0 fully saturated rings. The molecule has 8 heteroatoms. The summed E-state index contributed by atoms with van der Waals surface area (Å²) < 4.78 is 33.3. The van der Waals surface area contributed by atoms with Crippen molar-refractivity contribution >= 4 is 16.7 Å². The molecule has 0 amide bonds. The van der Waals surface area contributed by atoms with Gasteiger partial charge in [0.15, 0.2) is 5.82 Å². The molecule has 0 saturated heterocycles. The number of aromatic nitrogens is 4. The Bertz CT molecular complexity index is 1160. The van der Waals surface area contributed by atoms with Crippen LogP contribution in [0.2, 0.25) is 0 Å². The fourth-order valence-electron chi connectivity index (χ4n) is 3.10. The number of hydrogen-bond donors (Lipinski definition) is 1. The number of anilines is 1. The molecule has 0 aliphatic carbocycles. The fraction of sp³-hybridized carbons (Fsp3) is 0.143. The summed E-state index contributed by atoms with van der Waals surface area (Å²) in [5.74, 6) is 0.211. The van der Waals surface area contributed by atoms with Gasteiger partial charge >= 0.3 is 0 Å². The van der Waals surface area contributed by atoms with E-state index in [2.05, 4.69) is 25.5 Å². The van der Waals surface area contributed by atoms with Gasteiger partial charge in [-0.2, -0.15) is 10.2 Å². The second-order valence-corrected chi connectivity index (χ2v) is 6.24. The van der Waals surface area contributed by atoms with Crippen LogP contribution >= 0.6 is 0 Å². The average Bonchev–Trinajstić information content (AvgIpc) is 2.73. The maximum Gasteiger partial charge on any atom is 0.163 e. The molecule has 146 valence electrons. The smallest absolute Gasteiger partial charge is 0.163 e. The van der Waals surface area contributed by atoms with E-state index < -0.39 is 11.6 Å². The lowest BCUT2D eigenvalue weighted by Crippen LogP contribution is -2.02. The first kappa shape index (κ1) is 18.7. The molecule has 2 aromatic carbocycles. The lowest BCUT2D eigenvalue weighted by Gasteiger charge is -2.14. The number of hydrogen-bond acceptors (Lipinski definition) is 6. The van der Waals surface area contributed by atoms with Gasteiger partial charge in [0.2, 0.25) is 0 Å². The van der Waals surface area contributed by atoms with Crippen molar-refractivity contribution < 1.29 is 13.5 Å². The molecule has 2 heterocycles. The van der Waals surface area contributed by atoms with E-state index >= 15 is 0 Å². The lowest BCUT2D eigenvalue weighted by atomic mass is 10.0. The van der Waals surface area contributed by atoms with E-state index in [1.54, 1.807) is 37.6 Å². The third-order valence-corrected chi connectivity index (χ3v) is 4.34. The van der Waals surface area contributed by atoms with Crippen LogP contribution in [0.3, 0.4) is 0 Å². The Hall–Kier alpha value is -3.68. The molecule has 0 spiro atoms. The molecular formula is C21H17F2N5O. The molecule has 0 aliphatic heterocycles. The number of ether oxygens (including phenoxy) is 1. The van der Waals surface area contributed by atoms with Gasteiger partial charge in [-0.3, -0.25) is 0 Å². The van der Waals surface area contributed by atoms with Gasteiger partial charge in [-0.25, -0.2) is 18.7 Å². The van der Waals surface area contributed by atoms with E-state index in [1.807, 2.05) is 6.92 Å². The van der Waals surface area contributed by atoms with Crippen molar-refractivity contribution in [2.75, 3.05) is 19.0 Å². The number of rotatable bonds is 5. The summed E-state index contributed by atoms with van der Waals surface area (Å²) in [6.07, 6.45) is 3.14. The van der Waals surface area contributed by atoms with Crippen LogP contribution in [-0.4, -0.2) is 33.8 Å². The second-order valence-electron chi connectivity index (χ2n) is 6.24. The summed E-state index contributed by atoms with van der Waals surface area (Å²) in [6.45, 7) is 2.26. The molecule has 0 unspecified atom stereocenters. The first-order valence-electron chi connectivity index (χ1n) is 8.99. The van der Waals surface area contributed by atoms with Crippen LogP contribution in [0.1, 0.15) is 6.92 Å². The highest BCUT2D eigenvalue weighted by molar-refractivity contribution is 5.97. The Morgan fingerprint density at radius 2 is 1.69 bits per heavy atom. The summed E-state index contributed by atoms with van der Waals surface area (Å²) in [5.41, 5.74) is 2.28. The van der Waals surface area contributed by atoms with Crippen molar-refractivity contribution in [2.24, 2.45) is 0 Å². The Kier molecular flexibility index (Phi) is 4.99. The number of nitrogens with zero attached hydrogens (tertiary/aromatic N) is 4. The zero-order valence-corrected chi connectivity index (χ0v) is 15.8. The van der Waals surface area contributed by atoms with Crippen molar-refractivity contribution in [3.8, 4) is 28.3 Å². The van der Waals surface area contributed by atoms with Crippen LogP contribution in [0.4, 0.5) is 14.6 Å². The Morgan fingerprint density at radius 3 is 2.34 bits per heavy atom. The minimum atomic E-state index is -0.649. The van der Waals surface area contributed by atoms with Crippen LogP contribution in [-0.2, 0) is 0 Å². The van der Waals surface area contributed by atoms with Crippen molar-refractivity contribution in [3.05, 3.63) is 60.4 Å². The molecule has 2 aromatic heterocycles. The highest BCUT2D eigenvalue weighted by Crippen LogP contribution is 2.36. The van der Waals surface area contributed by atoms with Crippen molar-refractivity contribution in [2.45, 2.75) is 6.92 Å². The van der Waals surface area contributed by atoms with E-state index in [0.29, 0.717) is 51.6 Å². The third kappa shape index (κ3) is 3.69. The molecule has 4 rings (SSSR count). The van der Waals surface area contributed by atoms with Gasteiger partial charge in [0.25, 0.3) is 0 Å². The highest BCUT2D eigenvalue weighted by Gasteiger charge is 2.16. The zero-order valence-electron chi connectivity index (χ0n) is 15.8. The van der Waals surface area contributed by atoms with E-state index in [4.69, 9.17) is 4.74 Å². The molecule has 0 saturated carbocycles. The van der Waals surface area contributed by atoms with Crippen LogP contribution < -0.4 is 10.1 Å². The topological polar surface area (TPSA) is 72.8 Å². The van der Waals surface area contributed by atoms with Crippen LogP contribution in [0, 0.1) is 11.6 Å². The number of fused-ring (bicyclic) bond motifs is 1. The molecule has 29 heavy (non-hydrogen) atoms. The van der Waals surface area contributed by atoms with E-state index in [9.17, 15) is 8.78 Å². The van der Waals surface area contributed by atoms with E-state index in [0.717, 1.165) is 6.07 Å². The van der Waals surface area contributed by atoms with E-state index in [1.165, 1.54) is 12.1 Å². The van der Waals surface area contributed by atoms with Crippen molar-refractivity contribution in [1.29, 1.82) is 0 Å². The number of halogens is 2. The van der Waals surface area contributed by atoms with Crippen LogP contribution in [0.25, 0.3) is 33.4 Å². The zero-order chi connectivity index (χ0) is 20.4. The van der Waals surface area contributed by atoms with Crippen molar-refractivity contribution in [1.82, 2.24) is 20.2 Å². The van der Waals surface area contributed by atoms with Crippen LogP contribution in [0.5, 0.6) is 5.75 Å². The molecule has 1 N–H and O–H groups in total. The predicted molar refractivity (Wildman–Crippen MR) is 107 cm³/mol. The van der Waals surface area contributed by atoms with Crippen molar-refractivity contribution in [3.63, 3.8) is 0 Å². The molecule has 6 nitrogen and oxygen atoms in total. The van der Waals surface area contributed by atoms with E-state index in [-0.39, 0.29) is 0 Å². The first-order chi connectivity index (χ1) is 14.1. The van der Waals surface area contributed by atoms with Gasteiger partial charge in [-0.05, 0) is 48.4 Å². The fourth-order valence-corrected chi connectivity index (χ4v) is 3.10. The minimum Gasteiger partial charge on any atom is -0.492 e. The number of benzene rings is 2. The Labute approximate surface area is 165 Å². The quantitative estimate of drug-likeness (QED) is 0.539. The summed E-state index contributed by atoms with van der Waals surface area (Å²) >= 11 is 0. The molecular weight excluding hydrogens is 376 g/mol. The van der Waals surface area contributed by atoms with Gasteiger partial charge < -0.3 is 10.1 Å². The summed E-state index contributed by atoms with van der Waals surface area (Å²) in [5, 5.41) is 11.4. The highest BCUT2D eigenvalue weighted by atomic mass is 19.1. The standard InChI is InChI=1S/C21H17F2N5O/c1-3-29-18-9-14(13-6-15(22)10-16(23)7-13)8-17-19(18)27-20(28-21(17)24-2)12-4-5-25-26-11-12/h4-11H,3H2,1-2H3,(H,24,27,28). The maximum absolute atomic E-state index is 13.7. The van der Waals surface area contributed by atoms with Gasteiger partial charge in [0.1, 0.15) is 28.7 Å². The lowest BCUT2D eigenvalue weighted by molar-refractivity contribution is 0.344. The SMILES string of the molecule is CCOc1cc(-c2cc(F)cc(F)c2)cc2c(NC)nc(-c3ccnnc3)nc12. The molecule has 0 aliphatic rings. The normalized spacial score (nSPS) is 10.9. The molecule has 0 bridgehead atoms. The second kappa shape index (κ2) is 7.75. The maximum atomic E-state index is 13.7. The van der Waals surface area contributed by atoms with Gasteiger partial charge in [-0.1, -0.05) is 0 Å². The predicted octanol–water partition coefficient (Wildman–Crippen LogP) is 4.47. The molecule has 0 atom stereocenters. The largest absolute Gasteiger partial charge is 0.492 e. The third-order valence-electron chi connectivity index (χ3n) is 4.34. The minimum absolute atomic E-state index is 0.398. The first-order valence-corrected chi connectivity index (χ1v) is 8.99. The van der Waals surface area contributed by atoms with Gasteiger partial charge in [0.05, 0.1) is 19.0 Å². The van der Waals surface area contributed by atoms with Gasteiger partial charge in [0, 0.05) is 24.1 Å². The monoisotopic (exact) mass is 393 g/mol.